The fraction of sp³-hybridized carbons (Fsp3) is 0.409. The lowest BCUT2D eigenvalue weighted by atomic mass is 9.90. The lowest BCUT2D eigenvalue weighted by Crippen LogP contribution is -2.42. The van der Waals surface area contributed by atoms with E-state index in [-0.39, 0.29) is 28.5 Å². The van der Waals surface area contributed by atoms with Crippen LogP contribution in [-0.4, -0.2) is 39.5 Å². The molecule has 1 aromatic carbocycles. The first-order chi connectivity index (χ1) is 13.3. The van der Waals surface area contributed by atoms with Crippen LogP contribution in [0.2, 0.25) is 0 Å². The molecule has 1 amide bonds. The molecule has 2 heterocycles. The van der Waals surface area contributed by atoms with E-state index in [1.807, 2.05) is 26.0 Å². The minimum absolute atomic E-state index is 0.139. The number of carbonyl (C=O) groups excluding carboxylic acids is 1. The highest BCUT2D eigenvalue weighted by Gasteiger charge is 2.27. The summed E-state index contributed by atoms with van der Waals surface area (Å²) < 4.78 is 1.58. The van der Waals surface area contributed by atoms with Crippen LogP contribution in [0, 0.1) is 6.92 Å². The molecule has 0 saturated carbocycles. The highest BCUT2D eigenvalue weighted by atomic mass is 16.4. The van der Waals surface area contributed by atoms with Gasteiger partial charge in [0.2, 0.25) is 0 Å². The van der Waals surface area contributed by atoms with Crippen molar-refractivity contribution in [3.05, 3.63) is 68.6 Å². The number of benzene rings is 1. The summed E-state index contributed by atoms with van der Waals surface area (Å²) in [4.78, 5) is 38.6. The van der Waals surface area contributed by atoms with Gasteiger partial charge in [-0.25, -0.2) is 4.79 Å². The fourth-order valence-corrected chi connectivity index (χ4v) is 4.10. The Balaban J connectivity index is 1.83. The van der Waals surface area contributed by atoms with Gasteiger partial charge in [-0.05, 0) is 55.5 Å². The van der Waals surface area contributed by atoms with Gasteiger partial charge in [-0.1, -0.05) is 19.1 Å². The summed E-state index contributed by atoms with van der Waals surface area (Å²) in [6, 6.07) is 8.55. The van der Waals surface area contributed by atoms with Gasteiger partial charge in [-0.2, -0.15) is 0 Å². The van der Waals surface area contributed by atoms with Gasteiger partial charge in [0, 0.05) is 31.7 Å². The summed E-state index contributed by atoms with van der Waals surface area (Å²) in [5, 5.41) is 9.05. The molecule has 1 fully saturated rings. The quantitative estimate of drug-likeness (QED) is 0.882. The van der Waals surface area contributed by atoms with Gasteiger partial charge in [0.15, 0.2) is 0 Å². The molecular formula is C22H26N2O4. The molecule has 1 atom stereocenters. The molecule has 1 N–H and O–H groups in total. The Morgan fingerprint density at radius 3 is 2.50 bits per heavy atom. The van der Waals surface area contributed by atoms with E-state index in [1.165, 1.54) is 0 Å². The summed E-state index contributed by atoms with van der Waals surface area (Å²) in [5.41, 5.74) is 3.14. The Kier molecular flexibility index (Phi) is 5.68. The third-order valence-corrected chi connectivity index (χ3v) is 5.66. The number of hydrogen-bond donors (Lipinski definition) is 1. The average Bonchev–Trinajstić information content (AvgIpc) is 2.70. The summed E-state index contributed by atoms with van der Waals surface area (Å²) >= 11 is 0. The van der Waals surface area contributed by atoms with Crippen molar-refractivity contribution in [2.24, 2.45) is 7.05 Å². The van der Waals surface area contributed by atoms with E-state index in [0.717, 1.165) is 36.1 Å². The molecule has 0 radical (unpaired) electrons. The zero-order chi connectivity index (χ0) is 20.4. The second kappa shape index (κ2) is 8.00. The van der Waals surface area contributed by atoms with E-state index in [9.17, 15) is 14.4 Å². The second-order valence-electron chi connectivity index (χ2n) is 7.42. The molecule has 3 rings (SSSR count). The maximum absolute atomic E-state index is 13.1. The predicted octanol–water partition coefficient (Wildman–Crippen LogP) is 2.97. The van der Waals surface area contributed by atoms with E-state index >= 15 is 0 Å². The Bertz CT molecular complexity index is 960. The second-order valence-corrected chi connectivity index (χ2v) is 7.42. The zero-order valence-corrected chi connectivity index (χ0v) is 16.6. The van der Waals surface area contributed by atoms with Crippen molar-refractivity contribution < 1.29 is 14.7 Å². The van der Waals surface area contributed by atoms with Crippen LogP contribution in [-0.2, 0) is 13.5 Å². The van der Waals surface area contributed by atoms with Crippen LogP contribution in [0.3, 0.4) is 0 Å². The van der Waals surface area contributed by atoms with Crippen LogP contribution in [0.15, 0.2) is 35.1 Å². The molecule has 1 aliphatic heterocycles. The lowest BCUT2D eigenvalue weighted by Gasteiger charge is -2.33. The average molecular weight is 382 g/mol. The Hall–Kier alpha value is -2.89. The van der Waals surface area contributed by atoms with Gasteiger partial charge < -0.3 is 14.6 Å². The van der Waals surface area contributed by atoms with E-state index in [1.54, 1.807) is 34.7 Å². The van der Waals surface area contributed by atoms with Gasteiger partial charge in [0.05, 0.1) is 5.56 Å². The van der Waals surface area contributed by atoms with Crippen LogP contribution in [0.4, 0.5) is 0 Å². The minimum Gasteiger partial charge on any atom is -0.478 e. The van der Waals surface area contributed by atoms with E-state index < -0.39 is 5.97 Å². The molecule has 1 aliphatic rings. The van der Waals surface area contributed by atoms with Crippen LogP contribution < -0.4 is 5.56 Å². The summed E-state index contributed by atoms with van der Waals surface area (Å²) in [7, 11) is 1.72. The van der Waals surface area contributed by atoms with Crippen molar-refractivity contribution in [1.82, 2.24) is 9.47 Å². The Labute approximate surface area is 164 Å². The lowest BCUT2D eigenvalue weighted by molar-refractivity contribution is 0.0693. The van der Waals surface area contributed by atoms with Crippen molar-refractivity contribution in [2.75, 3.05) is 13.1 Å². The number of likely N-dealkylation sites (tertiary alicyclic amines) is 1. The first-order valence-corrected chi connectivity index (χ1v) is 9.65. The van der Waals surface area contributed by atoms with Gasteiger partial charge in [0.1, 0.15) is 5.56 Å². The van der Waals surface area contributed by atoms with Gasteiger partial charge in [0.25, 0.3) is 11.5 Å². The van der Waals surface area contributed by atoms with Crippen LogP contribution in [0.5, 0.6) is 0 Å². The van der Waals surface area contributed by atoms with E-state index in [4.69, 9.17) is 5.11 Å². The predicted molar refractivity (Wildman–Crippen MR) is 107 cm³/mol. The molecule has 6 nitrogen and oxygen atoms in total. The number of hydrogen-bond acceptors (Lipinski definition) is 3. The third kappa shape index (κ3) is 3.72. The zero-order valence-electron chi connectivity index (χ0n) is 16.6. The van der Waals surface area contributed by atoms with Crippen LogP contribution >= 0.6 is 0 Å². The number of amides is 1. The molecular weight excluding hydrogens is 356 g/mol. The molecule has 2 aromatic rings. The first kappa shape index (κ1) is 19.9. The summed E-state index contributed by atoms with van der Waals surface area (Å²) in [5.74, 6) is -1.03. The largest absolute Gasteiger partial charge is 0.478 e. The molecule has 0 bridgehead atoms. The summed E-state index contributed by atoms with van der Waals surface area (Å²) in [6.07, 6.45) is 2.52. The van der Waals surface area contributed by atoms with Crippen molar-refractivity contribution in [3.8, 4) is 0 Å². The molecule has 148 valence electrons. The molecule has 0 aliphatic carbocycles. The number of nitrogens with zero attached hydrogens (tertiary/aromatic N) is 2. The molecule has 0 spiro atoms. The number of carboxylic acids is 1. The van der Waals surface area contributed by atoms with Gasteiger partial charge >= 0.3 is 5.97 Å². The van der Waals surface area contributed by atoms with Crippen LogP contribution in [0.1, 0.15) is 63.2 Å². The molecule has 28 heavy (non-hydrogen) atoms. The number of pyridine rings is 1. The Morgan fingerprint density at radius 2 is 1.89 bits per heavy atom. The molecule has 1 saturated heterocycles. The maximum Gasteiger partial charge on any atom is 0.335 e. The minimum atomic E-state index is -0.950. The van der Waals surface area contributed by atoms with Crippen molar-refractivity contribution in [1.29, 1.82) is 0 Å². The smallest absolute Gasteiger partial charge is 0.335 e. The van der Waals surface area contributed by atoms with Crippen molar-refractivity contribution in [3.63, 3.8) is 0 Å². The highest BCUT2D eigenvalue weighted by molar-refractivity contribution is 5.94. The molecule has 1 aromatic heterocycles. The molecule has 0 unspecified atom stereocenters. The van der Waals surface area contributed by atoms with Crippen molar-refractivity contribution >= 4 is 11.9 Å². The number of aromatic nitrogens is 1. The number of aryl methyl sites for hydroxylation is 1. The maximum atomic E-state index is 13.1. The highest BCUT2D eigenvalue weighted by Crippen LogP contribution is 2.28. The van der Waals surface area contributed by atoms with Gasteiger partial charge in [-0.15, -0.1) is 0 Å². The number of carbonyl (C=O) groups is 2. The number of carboxylic acid groups (broad SMARTS) is 1. The summed E-state index contributed by atoms with van der Waals surface area (Å²) in [6.45, 7) is 5.08. The third-order valence-electron chi connectivity index (χ3n) is 5.66. The SMILES string of the molecule is CCc1c(C)cc(C(=O)N2CCC[C@@H](c3ccc(C(=O)O)cc3)C2)c(=O)n1C. The van der Waals surface area contributed by atoms with E-state index in [0.29, 0.717) is 13.1 Å². The monoisotopic (exact) mass is 382 g/mol. The number of aromatic carboxylic acids is 1. The molecule has 6 heteroatoms. The van der Waals surface area contributed by atoms with Gasteiger partial charge in [-0.3, -0.25) is 9.59 Å². The van der Waals surface area contributed by atoms with E-state index in [2.05, 4.69) is 0 Å². The number of piperidine rings is 1. The first-order valence-electron chi connectivity index (χ1n) is 9.65. The standard InChI is InChI=1S/C22H26N2O4/c1-4-19-14(2)12-18(20(25)23(19)3)21(26)24-11-5-6-17(13-24)15-7-9-16(10-8-15)22(27)28/h7-10,12,17H,4-6,11,13H2,1-3H3,(H,27,28)/t17-/m1/s1. The van der Waals surface area contributed by atoms with Crippen molar-refractivity contribution in [2.45, 2.75) is 39.0 Å². The normalized spacial score (nSPS) is 16.8. The topological polar surface area (TPSA) is 79.6 Å². The number of rotatable bonds is 4. The fourth-order valence-electron chi connectivity index (χ4n) is 4.10. The van der Waals surface area contributed by atoms with Crippen LogP contribution in [0.25, 0.3) is 0 Å². The Morgan fingerprint density at radius 1 is 1.21 bits per heavy atom.